The average Bonchev–Trinajstić information content (AvgIpc) is 2.79. The molecule has 1 aromatic heterocycles. The fourth-order valence-corrected chi connectivity index (χ4v) is 4.18. The lowest BCUT2D eigenvalue weighted by Gasteiger charge is -2.30. The van der Waals surface area contributed by atoms with E-state index < -0.39 is 11.7 Å². The molecule has 172 valence electrons. The first kappa shape index (κ1) is 23.3. The van der Waals surface area contributed by atoms with Gasteiger partial charge in [-0.3, -0.25) is 4.79 Å². The number of piperidine rings is 1. The number of aromatic nitrogens is 2. The number of carbonyl (C=O) groups is 1. The summed E-state index contributed by atoms with van der Waals surface area (Å²) >= 11 is 11.8. The van der Waals surface area contributed by atoms with E-state index in [-0.39, 0.29) is 22.4 Å². The van der Waals surface area contributed by atoms with E-state index in [4.69, 9.17) is 27.9 Å². The molecule has 1 fully saturated rings. The number of nitrogens with zero attached hydrogens (tertiary/aromatic N) is 3. The second-order valence-corrected chi connectivity index (χ2v) is 8.87. The first-order chi connectivity index (χ1) is 15.9. The Morgan fingerprint density at radius 3 is 2.36 bits per heavy atom. The molecule has 0 bridgehead atoms. The lowest BCUT2D eigenvalue weighted by Crippen LogP contribution is -2.33. The topological polar surface area (TPSA) is 67.4 Å². The maximum Gasteiger partial charge on any atom is 0.262 e. The molecule has 2 aromatic carbocycles. The van der Waals surface area contributed by atoms with Crippen LogP contribution in [0.25, 0.3) is 11.3 Å². The van der Waals surface area contributed by atoms with Crippen molar-refractivity contribution >= 4 is 40.6 Å². The van der Waals surface area contributed by atoms with Crippen molar-refractivity contribution in [1.82, 2.24) is 10.2 Å². The van der Waals surface area contributed by atoms with Gasteiger partial charge < -0.3 is 15.0 Å². The summed E-state index contributed by atoms with van der Waals surface area (Å²) in [5.74, 6) is 0.737. The molecule has 1 aliphatic heterocycles. The number of halogens is 3. The van der Waals surface area contributed by atoms with Crippen molar-refractivity contribution in [1.29, 1.82) is 0 Å². The Morgan fingerprint density at radius 2 is 1.76 bits per heavy atom. The third-order valence-corrected chi connectivity index (χ3v) is 6.09. The van der Waals surface area contributed by atoms with Crippen LogP contribution in [0.5, 0.6) is 5.75 Å². The molecule has 3 aromatic rings. The van der Waals surface area contributed by atoms with Crippen molar-refractivity contribution < 1.29 is 13.9 Å². The summed E-state index contributed by atoms with van der Waals surface area (Å²) in [6.45, 7) is 3.97. The van der Waals surface area contributed by atoms with Gasteiger partial charge in [0.25, 0.3) is 5.91 Å². The van der Waals surface area contributed by atoms with Crippen LogP contribution in [-0.4, -0.2) is 35.8 Å². The summed E-state index contributed by atoms with van der Waals surface area (Å²) in [4.78, 5) is 14.5. The Balaban J connectivity index is 1.33. The maximum atomic E-state index is 13.3. The molecular formula is C24H23Cl2FN4O2. The van der Waals surface area contributed by atoms with Gasteiger partial charge in [0.1, 0.15) is 5.82 Å². The Kier molecular flexibility index (Phi) is 7.30. The predicted octanol–water partition coefficient (Wildman–Crippen LogP) is 5.84. The summed E-state index contributed by atoms with van der Waals surface area (Å²) in [6, 6.07) is 13.4. The zero-order valence-corrected chi connectivity index (χ0v) is 19.5. The Hall–Kier alpha value is -2.90. The normalized spacial score (nSPS) is 14.2. The van der Waals surface area contributed by atoms with Gasteiger partial charge >= 0.3 is 0 Å². The van der Waals surface area contributed by atoms with E-state index in [0.29, 0.717) is 5.69 Å². The minimum absolute atomic E-state index is 0.000809. The van der Waals surface area contributed by atoms with Gasteiger partial charge in [-0.2, -0.15) is 0 Å². The molecule has 0 unspecified atom stereocenters. The summed E-state index contributed by atoms with van der Waals surface area (Å²) in [5.41, 5.74) is 2.24. The molecule has 1 saturated heterocycles. The first-order valence-corrected chi connectivity index (χ1v) is 11.4. The van der Waals surface area contributed by atoms with E-state index in [1.165, 1.54) is 12.8 Å². The van der Waals surface area contributed by atoms with E-state index in [1.54, 1.807) is 12.1 Å². The molecule has 2 heterocycles. The monoisotopic (exact) mass is 488 g/mol. The smallest absolute Gasteiger partial charge is 0.262 e. The van der Waals surface area contributed by atoms with Crippen molar-refractivity contribution in [3.8, 4) is 17.0 Å². The summed E-state index contributed by atoms with van der Waals surface area (Å²) in [6.07, 6.45) is 2.34. The largest absolute Gasteiger partial charge is 0.481 e. The molecule has 1 amide bonds. The van der Waals surface area contributed by atoms with Crippen molar-refractivity contribution in [3.05, 3.63) is 64.4 Å². The van der Waals surface area contributed by atoms with Gasteiger partial charge in [-0.15, -0.1) is 10.2 Å². The van der Waals surface area contributed by atoms with Gasteiger partial charge in [-0.25, -0.2) is 4.39 Å². The minimum Gasteiger partial charge on any atom is -0.481 e. The third-order valence-electron chi connectivity index (χ3n) is 5.53. The van der Waals surface area contributed by atoms with Gasteiger partial charge in [0.05, 0.1) is 15.7 Å². The van der Waals surface area contributed by atoms with Crippen molar-refractivity contribution in [2.45, 2.75) is 19.8 Å². The molecule has 0 radical (unpaired) electrons. The molecular weight excluding hydrogens is 466 g/mol. The second kappa shape index (κ2) is 10.4. The molecule has 1 N–H and O–H groups in total. The number of amides is 1. The standard InChI is InChI=1S/C24H23Cl2FN4O2/c1-15-8-10-31(11-9-15)22-7-6-21(29-30-22)16-2-4-18(5-3-16)28-23(32)14-33-24-19(25)12-17(27)13-20(24)26/h2-7,12-13,15H,8-11,14H2,1H3,(H,28,32). The molecule has 1 aliphatic rings. The van der Waals surface area contributed by atoms with Crippen molar-refractivity contribution in [2.75, 3.05) is 29.9 Å². The van der Waals surface area contributed by atoms with Crippen LogP contribution in [0.3, 0.4) is 0 Å². The van der Waals surface area contributed by atoms with Crippen LogP contribution in [0.2, 0.25) is 10.0 Å². The van der Waals surface area contributed by atoms with E-state index in [0.717, 1.165) is 48.2 Å². The van der Waals surface area contributed by atoms with Crippen LogP contribution in [-0.2, 0) is 4.79 Å². The highest BCUT2D eigenvalue weighted by Gasteiger charge is 2.17. The number of rotatable bonds is 6. The van der Waals surface area contributed by atoms with Crippen LogP contribution >= 0.6 is 23.2 Å². The zero-order chi connectivity index (χ0) is 23.4. The quantitative estimate of drug-likeness (QED) is 0.471. The Labute approximate surface area is 201 Å². The molecule has 0 saturated carbocycles. The van der Waals surface area contributed by atoms with E-state index in [9.17, 15) is 9.18 Å². The van der Waals surface area contributed by atoms with Crippen LogP contribution in [0, 0.1) is 11.7 Å². The fourth-order valence-electron chi connectivity index (χ4n) is 3.61. The second-order valence-electron chi connectivity index (χ2n) is 8.06. The zero-order valence-electron chi connectivity index (χ0n) is 18.0. The average molecular weight is 489 g/mol. The van der Waals surface area contributed by atoms with Gasteiger partial charge in [-0.05, 0) is 55.2 Å². The summed E-state index contributed by atoms with van der Waals surface area (Å²) < 4.78 is 18.6. The van der Waals surface area contributed by atoms with Crippen LogP contribution in [0.4, 0.5) is 15.9 Å². The number of ether oxygens (including phenoxy) is 1. The van der Waals surface area contributed by atoms with E-state index >= 15 is 0 Å². The van der Waals surface area contributed by atoms with Crippen LogP contribution in [0.15, 0.2) is 48.5 Å². The molecule has 4 rings (SSSR count). The maximum absolute atomic E-state index is 13.3. The highest BCUT2D eigenvalue weighted by Crippen LogP contribution is 2.33. The third kappa shape index (κ3) is 5.92. The fraction of sp³-hybridized carbons (Fsp3) is 0.292. The molecule has 33 heavy (non-hydrogen) atoms. The number of nitrogens with one attached hydrogen (secondary N) is 1. The van der Waals surface area contributed by atoms with Gasteiger partial charge in [0.15, 0.2) is 18.2 Å². The number of anilines is 2. The van der Waals surface area contributed by atoms with Gasteiger partial charge in [0, 0.05) is 24.3 Å². The van der Waals surface area contributed by atoms with Crippen molar-refractivity contribution in [2.24, 2.45) is 5.92 Å². The molecule has 0 aliphatic carbocycles. The van der Waals surface area contributed by atoms with Crippen LogP contribution < -0.4 is 15.0 Å². The molecule has 6 nitrogen and oxygen atoms in total. The summed E-state index contributed by atoms with van der Waals surface area (Å²) in [7, 11) is 0. The predicted molar refractivity (Wildman–Crippen MR) is 129 cm³/mol. The SMILES string of the molecule is CC1CCN(c2ccc(-c3ccc(NC(=O)COc4c(Cl)cc(F)cc4Cl)cc3)nn2)CC1. The van der Waals surface area contributed by atoms with Gasteiger partial charge in [-0.1, -0.05) is 42.3 Å². The highest BCUT2D eigenvalue weighted by atomic mass is 35.5. The van der Waals surface area contributed by atoms with E-state index in [1.807, 2.05) is 24.3 Å². The molecule has 9 heteroatoms. The minimum atomic E-state index is -0.581. The summed E-state index contributed by atoms with van der Waals surface area (Å²) in [5, 5.41) is 11.5. The van der Waals surface area contributed by atoms with E-state index in [2.05, 4.69) is 27.3 Å². The lowest BCUT2D eigenvalue weighted by atomic mass is 9.99. The van der Waals surface area contributed by atoms with Crippen molar-refractivity contribution in [3.63, 3.8) is 0 Å². The number of carbonyl (C=O) groups excluding carboxylic acids is 1. The molecule has 0 spiro atoms. The number of benzene rings is 2. The van der Waals surface area contributed by atoms with Gasteiger partial charge in [0.2, 0.25) is 0 Å². The number of hydrogen-bond donors (Lipinski definition) is 1. The highest BCUT2D eigenvalue weighted by molar-refractivity contribution is 6.37. The Bertz CT molecular complexity index is 1100. The Morgan fingerprint density at radius 1 is 1.09 bits per heavy atom. The molecule has 0 atom stereocenters. The first-order valence-electron chi connectivity index (χ1n) is 10.7. The van der Waals surface area contributed by atoms with Crippen LogP contribution in [0.1, 0.15) is 19.8 Å². The number of hydrogen-bond acceptors (Lipinski definition) is 5. The lowest BCUT2D eigenvalue weighted by molar-refractivity contribution is -0.118.